The van der Waals surface area contributed by atoms with Crippen LogP contribution in [0.4, 0.5) is 26.3 Å². The van der Waals surface area contributed by atoms with E-state index in [9.17, 15) is 31.4 Å². The maximum atomic E-state index is 13.7. The van der Waals surface area contributed by atoms with Gasteiger partial charge in [-0.2, -0.15) is 31.6 Å². The zero-order chi connectivity index (χ0) is 25.4. The molecule has 1 aliphatic rings. The van der Waals surface area contributed by atoms with Crippen LogP contribution in [0.5, 0.6) is 0 Å². The molecule has 0 saturated carbocycles. The molecule has 3 rings (SSSR count). The van der Waals surface area contributed by atoms with Crippen LogP contribution in [0.1, 0.15) is 49.1 Å². The second kappa shape index (κ2) is 9.19. The molecule has 1 N–H and O–H groups in total. The van der Waals surface area contributed by atoms with E-state index >= 15 is 0 Å². The highest BCUT2D eigenvalue weighted by Crippen LogP contribution is 2.47. The molecule has 0 radical (unpaired) electrons. The maximum Gasteiger partial charge on any atom is 0.433 e. The summed E-state index contributed by atoms with van der Waals surface area (Å²) in [5, 5.41) is 19.3. The van der Waals surface area contributed by atoms with Crippen molar-refractivity contribution >= 4 is 0 Å². The number of aromatic nitrogens is 1. The maximum absolute atomic E-state index is 13.7. The summed E-state index contributed by atoms with van der Waals surface area (Å²) in [6.07, 6.45) is -10.5. The Balaban J connectivity index is 1.84. The van der Waals surface area contributed by atoms with Gasteiger partial charge in [0.2, 0.25) is 0 Å². The van der Waals surface area contributed by atoms with Crippen molar-refractivity contribution in [2.24, 2.45) is 5.41 Å². The van der Waals surface area contributed by atoms with Crippen LogP contribution in [0.25, 0.3) is 0 Å². The fourth-order valence-corrected chi connectivity index (χ4v) is 4.53. The molecule has 34 heavy (non-hydrogen) atoms. The van der Waals surface area contributed by atoms with Crippen molar-refractivity contribution in [3.63, 3.8) is 0 Å². The van der Waals surface area contributed by atoms with Gasteiger partial charge in [-0.05, 0) is 69.0 Å². The van der Waals surface area contributed by atoms with E-state index in [0.717, 1.165) is 17.8 Å². The number of aryl methyl sites for hydroxylation is 1. The Morgan fingerprint density at radius 2 is 1.74 bits per heavy atom. The molecule has 1 fully saturated rings. The minimum atomic E-state index is -4.82. The third kappa shape index (κ3) is 5.36. The monoisotopic (exact) mass is 485 g/mol. The van der Waals surface area contributed by atoms with Gasteiger partial charge >= 0.3 is 12.4 Å². The van der Waals surface area contributed by atoms with E-state index in [1.807, 2.05) is 6.07 Å². The third-order valence-electron chi connectivity index (χ3n) is 6.82. The van der Waals surface area contributed by atoms with Crippen LogP contribution < -0.4 is 0 Å². The van der Waals surface area contributed by atoms with Gasteiger partial charge in [0.15, 0.2) is 6.10 Å². The number of aliphatic hydroxyl groups is 1. The highest BCUT2D eigenvalue weighted by atomic mass is 19.4. The first-order valence-corrected chi connectivity index (χ1v) is 10.7. The molecule has 0 amide bonds. The van der Waals surface area contributed by atoms with Crippen LogP contribution in [-0.2, 0) is 18.1 Å². The quantitative estimate of drug-likeness (QED) is 0.553. The van der Waals surface area contributed by atoms with Gasteiger partial charge in [-0.25, -0.2) is 0 Å². The summed E-state index contributed by atoms with van der Waals surface area (Å²) in [6, 6.07) is 10.7. The molecular formula is C24H25F6N3O. The Morgan fingerprint density at radius 3 is 2.24 bits per heavy atom. The zero-order valence-corrected chi connectivity index (χ0v) is 18.7. The molecule has 0 bridgehead atoms. The molecule has 184 valence electrons. The lowest BCUT2D eigenvalue weighted by atomic mass is 9.75. The summed E-state index contributed by atoms with van der Waals surface area (Å²) >= 11 is 0. The smallest absolute Gasteiger partial charge is 0.383 e. The summed E-state index contributed by atoms with van der Waals surface area (Å²) in [4.78, 5) is 5.24. The number of aliphatic hydroxyl groups excluding tert-OH is 1. The number of nitrogens with zero attached hydrogens (tertiary/aromatic N) is 3. The second-order valence-corrected chi connectivity index (χ2v) is 9.28. The molecule has 2 aromatic rings. The topological polar surface area (TPSA) is 60.2 Å². The van der Waals surface area contributed by atoms with Crippen LogP contribution in [0.15, 0.2) is 42.6 Å². The number of hydrogen-bond donors (Lipinski definition) is 1. The first-order valence-electron chi connectivity index (χ1n) is 10.7. The standard InChI is InChI=1S/C24H25F6N3O/c1-21(2,18-7-8-19(32-14-18)23(25,26)27)33-12-11-22(15-33,20(34)24(28,29)30)10-9-16-3-5-17(13-31)6-4-16/h3-8,14,20,34H,9-12,15H2,1-2H3/t20?,22-/m1/s1. The van der Waals surface area contributed by atoms with Gasteiger partial charge in [0.1, 0.15) is 5.69 Å². The van der Waals surface area contributed by atoms with Crippen LogP contribution in [0.2, 0.25) is 0 Å². The minimum absolute atomic E-state index is 0.0530. The zero-order valence-electron chi connectivity index (χ0n) is 18.7. The van der Waals surface area contributed by atoms with Crippen molar-refractivity contribution in [3.8, 4) is 6.07 Å². The lowest BCUT2D eigenvalue weighted by molar-refractivity contribution is -0.239. The second-order valence-electron chi connectivity index (χ2n) is 9.28. The highest BCUT2D eigenvalue weighted by molar-refractivity contribution is 5.32. The fraction of sp³-hybridized carbons (Fsp3) is 0.500. The first-order chi connectivity index (χ1) is 15.7. The summed E-state index contributed by atoms with van der Waals surface area (Å²) < 4.78 is 79.5. The molecule has 10 heteroatoms. The largest absolute Gasteiger partial charge is 0.433 e. The third-order valence-corrected chi connectivity index (χ3v) is 6.82. The first kappa shape index (κ1) is 26.0. The van der Waals surface area contributed by atoms with Gasteiger partial charge in [-0.3, -0.25) is 9.88 Å². The molecule has 0 spiro atoms. The number of nitriles is 1. The summed E-state index contributed by atoms with van der Waals surface area (Å²) in [6.45, 7) is 3.58. The molecule has 1 aliphatic heterocycles. The van der Waals surface area contributed by atoms with Crippen LogP contribution in [0, 0.1) is 16.7 Å². The number of alkyl halides is 6. The van der Waals surface area contributed by atoms with Crippen molar-refractivity contribution in [2.75, 3.05) is 13.1 Å². The lowest BCUT2D eigenvalue weighted by Crippen LogP contribution is -2.49. The molecule has 2 heterocycles. The molecule has 1 aromatic carbocycles. The molecular weight excluding hydrogens is 460 g/mol. The Kier molecular flexibility index (Phi) is 7.02. The average Bonchev–Trinajstić information content (AvgIpc) is 3.23. The van der Waals surface area contributed by atoms with Gasteiger partial charge in [-0.15, -0.1) is 0 Å². The van der Waals surface area contributed by atoms with Crippen molar-refractivity contribution in [3.05, 3.63) is 65.0 Å². The minimum Gasteiger partial charge on any atom is -0.383 e. The molecule has 0 aliphatic carbocycles. The average molecular weight is 485 g/mol. The molecule has 1 saturated heterocycles. The van der Waals surface area contributed by atoms with E-state index < -0.39 is 35.1 Å². The van der Waals surface area contributed by atoms with Gasteiger partial charge in [-0.1, -0.05) is 18.2 Å². The SMILES string of the molecule is CC(C)(c1ccc(C(F)(F)F)nc1)N1CC[C@@](CCc2ccc(C#N)cc2)(C(O)C(F)(F)F)C1. The van der Waals surface area contributed by atoms with Crippen LogP contribution in [-0.4, -0.2) is 40.4 Å². The normalized spacial score (nSPS) is 20.8. The Bertz CT molecular complexity index is 1030. The van der Waals surface area contributed by atoms with Crippen LogP contribution >= 0.6 is 0 Å². The molecule has 4 nitrogen and oxygen atoms in total. The van der Waals surface area contributed by atoms with E-state index in [4.69, 9.17) is 5.26 Å². The van der Waals surface area contributed by atoms with Crippen molar-refractivity contribution in [2.45, 2.75) is 57.1 Å². The lowest BCUT2D eigenvalue weighted by Gasteiger charge is -2.40. The van der Waals surface area contributed by atoms with Crippen molar-refractivity contribution in [1.82, 2.24) is 9.88 Å². The number of hydrogen-bond acceptors (Lipinski definition) is 4. The van der Waals surface area contributed by atoms with Gasteiger partial charge in [0.05, 0.1) is 11.6 Å². The number of pyridine rings is 1. The predicted molar refractivity (Wildman–Crippen MR) is 112 cm³/mol. The van der Waals surface area contributed by atoms with E-state index in [2.05, 4.69) is 4.98 Å². The Morgan fingerprint density at radius 1 is 1.09 bits per heavy atom. The number of benzene rings is 1. The predicted octanol–water partition coefficient (Wildman–Crippen LogP) is 5.46. The number of halogens is 6. The Hall–Kier alpha value is -2.64. The van der Waals surface area contributed by atoms with E-state index in [1.165, 1.54) is 6.07 Å². The van der Waals surface area contributed by atoms with Gasteiger partial charge < -0.3 is 5.11 Å². The van der Waals surface area contributed by atoms with Crippen molar-refractivity contribution in [1.29, 1.82) is 5.26 Å². The summed E-state index contributed by atoms with van der Waals surface area (Å²) in [5.41, 5.74) is -1.81. The van der Waals surface area contributed by atoms with Gasteiger partial charge in [0, 0.05) is 23.7 Å². The summed E-state index contributed by atoms with van der Waals surface area (Å²) in [5.74, 6) is 0. The molecule has 1 unspecified atom stereocenters. The fourth-order valence-electron chi connectivity index (χ4n) is 4.53. The molecule has 1 aromatic heterocycles. The highest BCUT2D eigenvalue weighted by Gasteiger charge is 2.56. The van der Waals surface area contributed by atoms with E-state index in [1.54, 1.807) is 43.0 Å². The molecule has 2 atom stereocenters. The van der Waals surface area contributed by atoms with Crippen molar-refractivity contribution < 1.29 is 31.4 Å². The van der Waals surface area contributed by atoms with Gasteiger partial charge in [0.25, 0.3) is 0 Å². The van der Waals surface area contributed by atoms with E-state index in [-0.39, 0.29) is 32.4 Å². The Labute approximate surface area is 193 Å². The number of rotatable bonds is 6. The van der Waals surface area contributed by atoms with Crippen LogP contribution in [0.3, 0.4) is 0 Å². The summed E-state index contributed by atoms with van der Waals surface area (Å²) in [7, 11) is 0. The van der Waals surface area contributed by atoms with E-state index in [0.29, 0.717) is 11.1 Å². The number of likely N-dealkylation sites (tertiary alicyclic amines) is 1.